The lowest BCUT2D eigenvalue weighted by Gasteiger charge is -2.29. The van der Waals surface area contributed by atoms with Crippen LogP contribution >= 0.6 is 0 Å². The molecule has 0 bridgehead atoms. The van der Waals surface area contributed by atoms with Crippen molar-refractivity contribution in [1.82, 2.24) is 34.3 Å². The Kier molecular flexibility index (Phi) is 6.24. The first-order valence-electron chi connectivity index (χ1n) is 13.2. The highest BCUT2D eigenvalue weighted by Gasteiger charge is 2.25. The summed E-state index contributed by atoms with van der Waals surface area (Å²) in [5.41, 5.74) is 4.20. The van der Waals surface area contributed by atoms with Gasteiger partial charge in [0.15, 0.2) is 0 Å². The quantitative estimate of drug-likeness (QED) is 0.438. The summed E-state index contributed by atoms with van der Waals surface area (Å²) in [5, 5.41) is 5.54. The van der Waals surface area contributed by atoms with Crippen LogP contribution < -0.4 is 5.32 Å². The van der Waals surface area contributed by atoms with Crippen molar-refractivity contribution < 1.29 is 4.79 Å². The van der Waals surface area contributed by atoms with Gasteiger partial charge in [0, 0.05) is 54.4 Å². The maximum atomic E-state index is 12.5. The Morgan fingerprint density at radius 3 is 2.73 bits per heavy atom. The third-order valence-corrected chi connectivity index (χ3v) is 7.79. The van der Waals surface area contributed by atoms with Crippen LogP contribution in [0.4, 0.5) is 11.8 Å². The fourth-order valence-corrected chi connectivity index (χ4v) is 5.78. The molecule has 1 amide bonds. The third-order valence-electron chi connectivity index (χ3n) is 7.79. The molecule has 0 atom stereocenters. The Morgan fingerprint density at radius 2 is 1.92 bits per heavy atom. The largest absolute Gasteiger partial charge is 0.337 e. The van der Waals surface area contributed by atoms with Gasteiger partial charge in [0.05, 0.1) is 18.3 Å². The number of hydrogen-bond acceptors (Lipinski definition) is 7. The van der Waals surface area contributed by atoms with Crippen molar-refractivity contribution in [2.24, 2.45) is 5.92 Å². The summed E-state index contributed by atoms with van der Waals surface area (Å²) < 4.78 is 2.38. The molecule has 1 fully saturated rings. The molecule has 4 aromatic rings. The topological polar surface area (TPSA) is 92.1 Å². The molecule has 192 valence electrons. The van der Waals surface area contributed by atoms with Crippen LogP contribution in [0, 0.1) is 5.92 Å². The summed E-state index contributed by atoms with van der Waals surface area (Å²) in [6, 6.07) is 6.50. The van der Waals surface area contributed by atoms with Gasteiger partial charge in [-0.1, -0.05) is 13.0 Å². The number of hydrogen-bond donors (Lipinski definition) is 1. The van der Waals surface area contributed by atoms with E-state index in [1.54, 1.807) is 0 Å². The smallest absolute Gasteiger partial charge is 0.237 e. The van der Waals surface area contributed by atoms with Crippen LogP contribution in [0.5, 0.6) is 0 Å². The molecule has 2 aliphatic rings. The minimum atomic E-state index is 0.151. The standard InChI is InChI=1S/C28H34N8O/c1-18-4-7-20(8-5-18)36-24-15-29-12-10-21(24)22-14-30-28(33-27(22)36)32-25-9-6-19-16-35(13-11-23(19)31-25)26(37)17-34(2)3/h6,9-10,12,14-15,18,20H,4-5,7-8,11,13,16-17H2,1-3H3,(H,30,31,32,33)/t18-,20-. The van der Waals surface area contributed by atoms with E-state index >= 15 is 0 Å². The van der Waals surface area contributed by atoms with E-state index in [-0.39, 0.29) is 5.91 Å². The molecule has 6 rings (SSSR count). The molecule has 0 radical (unpaired) electrons. The van der Waals surface area contributed by atoms with Gasteiger partial charge in [0.2, 0.25) is 11.9 Å². The van der Waals surface area contributed by atoms with Crippen molar-refractivity contribution in [1.29, 1.82) is 0 Å². The van der Waals surface area contributed by atoms with Crippen molar-refractivity contribution >= 4 is 39.6 Å². The fourth-order valence-electron chi connectivity index (χ4n) is 5.78. The van der Waals surface area contributed by atoms with Crippen LogP contribution in [0.15, 0.2) is 36.8 Å². The molecule has 5 heterocycles. The minimum absolute atomic E-state index is 0.151. The molecule has 0 saturated heterocycles. The summed E-state index contributed by atoms with van der Waals surface area (Å²) in [7, 11) is 3.83. The zero-order valence-electron chi connectivity index (χ0n) is 21.8. The van der Waals surface area contributed by atoms with Gasteiger partial charge in [0.25, 0.3) is 0 Å². The molecule has 37 heavy (non-hydrogen) atoms. The summed E-state index contributed by atoms with van der Waals surface area (Å²) >= 11 is 0. The van der Waals surface area contributed by atoms with E-state index < -0.39 is 0 Å². The van der Waals surface area contributed by atoms with E-state index in [0.29, 0.717) is 31.6 Å². The van der Waals surface area contributed by atoms with Gasteiger partial charge in [0.1, 0.15) is 11.5 Å². The zero-order valence-corrected chi connectivity index (χ0v) is 21.8. The predicted octanol–water partition coefficient (Wildman–Crippen LogP) is 4.32. The first-order chi connectivity index (χ1) is 18.0. The number of nitrogens with one attached hydrogen (secondary N) is 1. The molecule has 0 spiro atoms. The van der Waals surface area contributed by atoms with Crippen molar-refractivity contribution in [3.05, 3.63) is 48.0 Å². The molecule has 9 nitrogen and oxygen atoms in total. The Bertz CT molecular complexity index is 1450. The lowest BCUT2D eigenvalue weighted by molar-refractivity contribution is -0.132. The normalized spacial score (nSPS) is 19.9. The van der Waals surface area contributed by atoms with Crippen molar-refractivity contribution in [3.8, 4) is 0 Å². The predicted molar refractivity (Wildman–Crippen MR) is 145 cm³/mol. The van der Waals surface area contributed by atoms with Crippen LogP contribution in [0.3, 0.4) is 0 Å². The fraction of sp³-hybridized carbons (Fsp3) is 0.464. The van der Waals surface area contributed by atoms with Gasteiger partial charge in [-0.3, -0.25) is 9.78 Å². The maximum Gasteiger partial charge on any atom is 0.237 e. The molecule has 1 N–H and O–H groups in total. The van der Waals surface area contributed by atoms with Crippen molar-refractivity contribution in [2.45, 2.75) is 51.6 Å². The molecule has 0 aromatic carbocycles. The molecule has 4 aromatic heterocycles. The molecular formula is C28H34N8O. The number of pyridine rings is 2. The second-order valence-electron chi connectivity index (χ2n) is 10.8. The van der Waals surface area contributed by atoms with Crippen molar-refractivity contribution in [2.75, 3.05) is 32.5 Å². The van der Waals surface area contributed by atoms with Crippen LogP contribution in [0.1, 0.15) is 49.9 Å². The average molecular weight is 499 g/mol. The van der Waals surface area contributed by atoms with E-state index in [9.17, 15) is 4.79 Å². The second-order valence-corrected chi connectivity index (χ2v) is 10.8. The second kappa shape index (κ2) is 9.70. The van der Waals surface area contributed by atoms with E-state index in [4.69, 9.17) is 9.97 Å². The number of likely N-dealkylation sites (N-methyl/N-ethyl adjacent to an activating group) is 1. The summed E-state index contributed by atoms with van der Waals surface area (Å²) in [5.74, 6) is 2.20. The van der Waals surface area contributed by atoms with Gasteiger partial charge in [-0.05, 0) is 63.4 Å². The number of rotatable bonds is 5. The van der Waals surface area contributed by atoms with E-state index in [0.717, 1.165) is 64.2 Å². The number of carbonyl (C=O) groups excluding carboxylic acids is 1. The summed E-state index contributed by atoms with van der Waals surface area (Å²) in [4.78, 5) is 35.2. The van der Waals surface area contributed by atoms with Crippen LogP contribution in [0.25, 0.3) is 21.9 Å². The molecular weight excluding hydrogens is 464 g/mol. The number of anilines is 2. The summed E-state index contributed by atoms with van der Waals surface area (Å²) in [6.45, 7) is 4.06. The van der Waals surface area contributed by atoms with Crippen LogP contribution in [0.2, 0.25) is 0 Å². The Morgan fingerprint density at radius 1 is 1.08 bits per heavy atom. The van der Waals surface area contributed by atoms with Gasteiger partial charge in [-0.25, -0.2) is 9.97 Å². The number of carbonyl (C=O) groups is 1. The van der Waals surface area contributed by atoms with Crippen LogP contribution in [-0.2, 0) is 17.8 Å². The lowest BCUT2D eigenvalue weighted by Crippen LogP contribution is -2.41. The highest BCUT2D eigenvalue weighted by molar-refractivity contribution is 6.06. The van der Waals surface area contributed by atoms with E-state index in [1.807, 2.05) is 48.6 Å². The highest BCUT2D eigenvalue weighted by atomic mass is 16.2. The van der Waals surface area contributed by atoms with E-state index in [1.165, 1.54) is 12.8 Å². The Labute approximate surface area is 216 Å². The number of aromatic nitrogens is 5. The third kappa shape index (κ3) is 4.64. The molecule has 0 unspecified atom stereocenters. The molecule has 1 aliphatic heterocycles. The van der Waals surface area contributed by atoms with Gasteiger partial charge < -0.3 is 19.7 Å². The van der Waals surface area contributed by atoms with Gasteiger partial charge >= 0.3 is 0 Å². The van der Waals surface area contributed by atoms with Crippen molar-refractivity contribution in [3.63, 3.8) is 0 Å². The maximum absolute atomic E-state index is 12.5. The average Bonchev–Trinajstić information content (AvgIpc) is 3.22. The first-order valence-corrected chi connectivity index (χ1v) is 13.2. The highest BCUT2D eigenvalue weighted by Crippen LogP contribution is 2.38. The summed E-state index contributed by atoms with van der Waals surface area (Å²) in [6.07, 6.45) is 11.2. The molecule has 1 aliphatic carbocycles. The van der Waals surface area contributed by atoms with Gasteiger partial charge in [-0.15, -0.1) is 0 Å². The molecule has 1 saturated carbocycles. The van der Waals surface area contributed by atoms with Gasteiger partial charge in [-0.2, -0.15) is 4.98 Å². The van der Waals surface area contributed by atoms with E-state index in [2.05, 4.69) is 38.9 Å². The number of fused-ring (bicyclic) bond motifs is 4. The zero-order chi connectivity index (χ0) is 25.5. The molecule has 9 heteroatoms. The monoisotopic (exact) mass is 498 g/mol. The van der Waals surface area contributed by atoms with Crippen LogP contribution in [-0.4, -0.2) is 67.4 Å². The number of nitrogens with zero attached hydrogens (tertiary/aromatic N) is 7. The lowest BCUT2D eigenvalue weighted by atomic mass is 9.87. The first kappa shape index (κ1) is 23.8. The SMILES string of the molecule is CN(C)CC(=O)N1CCc2nc(Nc3ncc4c5ccncc5n([C@H]5CC[C@H](C)CC5)c4n3)ccc2C1. The Balaban J connectivity index is 1.28. The number of amides is 1. The Hall–Kier alpha value is -3.59. The minimum Gasteiger partial charge on any atom is -0.337 e.